The van der Waals surface area contributed by atoms with E-state index in [0.717, 1.165) is 0 Å². The lowest BCUT2D eigenvalue weighted by Gasteiger charge is -1.99. The molecular weight excluding hydrogens is 174 g/mol. The normalized spacial score (nSPS) is 11.8. The summed E-state index contributed by atoms with van der Waals surface area (Å²) < 4.78 is 4.75. The van der Waals surface area contributed by atoms with Gasteiger partial charge in [-0.3, -0.25) is 0 Å². The van der Waals surface area contributed by atoms with Gasteiger partial charge in [-0.2, -0.15) is 4.98 Å². The van der Waals surface area contributed by atoms with Crippen LogP contribution >= 0.6 is 0 Å². The van der Waals surface area contributed by atoms with Crippen molar-refractivity contribution in [2.75, 3.05) is 13.1 Å². The maximum Gasteiger partial charge on any atom is 0.227 e. The first kappa shape index (κ1) is 9.46. The SMILES string of the molecule is NC(CNCCc1ncno1)=NO. The molecule has 1 heterocycles. The molecule has 0 saturated heterocycles. The highest BCUT2D eigenvalue weighted by atomic mass is 16.5. The van der Waals surface area contributed by atoms with Gasteiger partial charge in [-0.05, 0) is 0 Å². The standard InChI is InChI=1S/C6H11N5O2/c7-5(11-12)3-8-2-1-6-9-4-10-13-6/h4,8,12H,1-3H2,(H2,7,11). The maximum absolute atomic E-state index is 8.20. The Morgan fingerprint density at radius 2 is 2.62 bits per heavy atom. The van der Waals surface area contributed by atoms with Crippen LogP contribution in [-0.4, -0.2) is 34.3 Å². The van der Waals surface area contributed by atoms with Crippen molar-refractivity contribution in [2.45, 2.75) is 6.42 Å². The summed E-state index contributed by atoms with van der Waals surface area (Å²) in [5, 5.41) is 17.4. The molecule has 13 heavy (non-hydrogen) atoms. The Morgan fingerprint density at radius 3 is 3.23 bits per heavy atom. The van der Waals surface area contributed by atoms with Crippen LogP contribution in [0.25, 0.3) is 0 Å². The van der Waals surface area contributed by atoms with Gasteiger partial charge in [0, 0.05) is 13.0 Å². The maximum atomic E-state index is 8.20. The fraction of sp³-hybridized carbons (Fsp3) is 0.500. The molecule has 0 atom stereocenters. The quantitative estimate of drug-likeness (QED) is 0.177. The van der Waals surface area contributed by atoms with E-state index in [1.54, 1.807) is 0 Å². The molecule has 0 amide bonds. The minimum absolute atomic E-state index is 0.144. The summed E-state index contributed by atoms with van der Waals surface area (Å²) in [5.74, 6) is 0.706. The van der Waals surface area contributed by atoms with E-state index in [2.05, 4.69) is 20.6 Å². The van der Waals surface area contributed by atoms with Gasteiger partial charge < -0.3 is 20.8 Å². The topological polar surface area (TPSA) is 110 Å². The summed E-state index contributed by atoms with van der Waals surface area (Å²) in [5.41, 5.74) is 5.22. The molecule has 0 radical (unpaired) electrons. The third kappa shape index (κ3) is 3.52. The van der Waals surface area contributed by atoms with Crippen LogP contribution in [0.3, 0.4) is 0 Å². The van der Waals surface area contributed by atoms with Crippen LogP contribution in [0.1, 0.15) is 5.89 Å². The second-order valence-corrected chi connectivity index (χ2v) is 2.35. The summed E-state index contributed by atoms with van der Waals surface area (Å²) in [6, 6.07) is 0. The highest BCUT2D eigenvalue weighted by Crippen LogP contribution is 1.89. The van der Waals surface area contributed by atoms with Gasteiger partial charge >= 0.3 is 0 Å². The molecule has 1 aromatic rings. The predicted octanol–water partition coefficient (Wildman–Crippen LogP) is -1.05. The lowest BCUT2D eigenvalue weighted by molar-refractivity contribution is 0.317. The molecule has 0 aliphatic heterocycles. The lowest BCUT2D eigenvalue weighted by atomic mass is 10.4. The average Bonchev–Trinajstić information content (AvgIpc) is 2.64. The van der Waals surface area contributed by atoms with E-state index < -0.39 is 0 Å². The second-order valence-electron chi connectivity index (χ2n) is 2.35. The molecular formula is C6H11N5O2. The number of aromatic nitrogens is 2. The molecule has 1 rings (SSSR count). The van der Waals surface area contributed by atoms with Crippen molar-refractivity contribution in [1.29, 1.82) is 0 Å². The molecule has 7 heteroatoms. The van der Waals surface area contributed by atoms with E-state index in [1.165, 1.54) is 6.33 Å². The van der Waals surface area contributed by atoms with E-state index in [9.17, 15) is 0 Å². The van der Waals surface area contributed by atoms with Crippen molar-refractivity contribution in [2.24, 2.45) is 10.9 Å². The van der Waals surface area contributed by atoms with Crippen LogP contribution in [0.4, 0.5) is 0 Å². The van der Waals surface area contributed by atoms with Gasteiger partial charge in [0.15, 0.2) is 12.2 Å². The molecule has 0 spiro atoms. The highest BCUT2D eigenvalue weighted by Gasteiger charge is 1.98. The van der Waals surface area contributed by atoms with Gasteiger partial charge in [-0.25, -0.2) is 0 Å². The van der Waals surface area contributed by atoms with Crippen molar-refractivity contribution in [1.82, 2.24) is 15.5 Å². The Balaban J connectivity index is 2.08. The van der Waals surface area contributed by atoms with E-state index in [-0.39, 0.29) is 5.84 Å². The monoisotopic (exact) mass is 185 g/mol. The minimum Gasteiger partial charge on any atom is -0.409 e. The fourth-order valence-corrected chi connectivity index (χ4v) is 0.753. The fourth-order valence-electron chi connectivity index (χ4n) is 0.753. The summed E-state index contributed by atoms with van der Waals surface area (Å²) in [7, 11) is 0. The van der Waals surface area contributed by atoms with Crippen molar-refractivity contribution < 1.29 is 9.73 Å². The Kier molecular flexibility index (Phi) is 3.71. The molecule has 0 unspecified atom stereocenters. The first-order valence-electron chi connectivity index (χ1n) is 3.75. The van der Waals surface area contributed by atoms with Gasteiger partial charge in [-0.15, -0.1) is 0 Å². The van der Waals surface area contributed by atoms with Crippen LogP contribution in [-0.2, 0) is 6.42 Å². The zero-order valence-corrected chi connectivity index (χ0v) is 6.97. The zero-order chi connectivity index (χ0) is 9.52. The third-order valence-corrected chi connectivity index (χ3v) is 1.36. The minimum atomic E-state index is 0.144. The molecule has 0 saturated carbocycles. The number of nitrogens with one attached hydrogen (secondary N) is 1. The van der Waals surface area contributed by atoms with E-state index in [4.69, 9.17) is 15.5 Å². The van der Waals surface area contributed by atoms with Crippen LogP contribution in [0, 0.1) is 0 Å². The van der Waals surface area contributed by atoms with Crippen LogP contribution in [0.5, 0.6) is 0 Å². The van der Waals surface area contributed by atoms with E-state index in [0.29, 0.717) is 25.4 Å². The van der Waals surface area contributed by atoms with Crippen molar-refractivity contribution >= 4 is 5.84 Å². The van der Waals surface area contributed by atoms with Crippen molar-refractivity contribution in [3.8, 4) is 0 Å². The molecule has 7 nitrogen and oxygen atoms in total. The van der Waals surface area contributed by atoms with E-state index >= 15 is 0 Å². The molecule has 0 aliphatic rings. The molecule has 0 fully saturated rings. The smallest absolute Gasteiger partial charge is 0.227 e. The molecule has 72 valence electrons. The molecule has 4 N–H and O–H groups in total. The van der Waals surface area contributed by atoms with E-state index in [1.807, 2.05) is 0 Å². The Hall–Kier alpha value is -1.63. The van der Waals surface area contributed by atoms with Crippen LogP contribution in [0.15, 0.2) is 16.0 Å². The highest BCUT2D eigenvalue weighted by molar-refractivity contribution is 5.81. The van der Waals surface area contributed by atoms with Crippen molar-refractivity contribution in [3.05, 3.63) is 12.2 Å². The van der Waals surface area contributed by atoms with Crippen molar-refractivity contribution in [3.63, 3.8) is 0 Å². The number of hydrogen-bond acceptors (Lipinski definition) is 6. The second kappa shape index (κ2) is 5.09. The molecule has 0 aromatic carbocycles. The van der Waals surface area contributed by atoms with Crippen LogP contribution in [0.2, 0.25) is 0 Å². The summed E-state index contributed by atoms with van der Waals surface area (Å²) in [4.78, 5) is 3.82. The Morgan fingerprint density at radius 1 is 1.77 bits per heavy atom. The number of amidine groups is 1. The first-order chi connectivity index (χ1) is 6.33. The largest absolute Gasteiger partial charge is 0.409 e. The summed E-state index contributed by atoms with van der Waals surface area (Å²) in [6.45, 7) is 0.975. The average molecular weight is 185 g/mol. The van der Waals surface area contributed by atoms with Gasteiger partial charge in [-0.1, -0.05) is 10.3 Å². The predicted molar refractivity (Wildman–Crippen MR) is 44.3 cm³/mol. The number of nitrogens with two attached hydrogens (primary N) is 1. The number of oxime groups is 1. The van der Waals surface area contributed by atoms with Crippen LogP contribution < -0.4 is 11.1 Å². The van der Waals surface area contributed by atoms with Gasteiger partial charge in [0.05, 0.1) is 6.54 Å². The molecule has 1 aromatic heterocycles. The van der Waals surface area contributed by atoms with Gasteiger partial charge in [0.1, 0.15) is 0 Å². The Labute approximate surface area is 74.6 Å². The zero-order valence-electron chi connectivity index (χ0n) is 6.97. The first-order valence-corrected chi connectivity index (χ1v) is 3.75. The summed E-state index contributed by atoms with van der Waals surface area (Å²) in [6.07, 6.45) is 1.97. The number of hydrogen-bond donors (Lipinski definition) is 3. The molecule has 0 aliphatic carbocycles. The van der Waals surface area contributed by atoms with Gasteiger partial charge in [0.2, 0.25) is 5.89 Å². The van der Waals surface area contributed by atoms with Gasteiger partial charge in [0.25, 0.3) is 0 Å². The number of rotatable bonds is 5. The summed E-state index contributed by atoms with van der Waals surface area (Å²) >= 11 is 0. The lowest BCUT2D eigenvalue weighted by Crippen LogP contribution is -2.30. The molecule has 0 bridgehead atoms. The Bertz CT molecular complexity index is 258. The third-order valence-electron chi connectivity index (χ3n) is 1.36. The number of nitrogens with zero attached hydrogens (tertiary/aromatic N) is 3.